The molecule has 0 saturated carbocycles. The topological polar surface area (TPSA) is 132 Å². The maximum Gasteiger partial charge on any atom is 0.387 e. The van der Waals surface area contributed by atoms with Gasteiger partial charge in [-0.15, -0.1) is 0 Å². The average Bonchev–Trinajstić information content (AvgIpc) is 2.81. The van der Waals surface area contributed by atoms with Crippen LogP contribution in [-0.2, 0) is 10.0 Å². The summed E-state index contributed by atoms with van der Waals surface area (Å²) in [6, 6.07) is 11.6. The van der Waals surface area contributed by atoms with Crippen molar-refractivity contribution < 1.29 is 40.4 Å². The zero-order valence-electron chi connectivity index (χ0n) is 18.1. The van der Waals surface area contributed by atoms with Crippen molar-refractivity contribution in [2.45, 2.75) is 18.1 Å². The standard InChI is InChI=1S/C21H15ClF4N4O6S/c22-13-2-4-14(5-3-13)29-37(33,34)16-7-8-17(18(10-16)30(31)32)28-27-11-12-1-6-15(35-20(23)24)9-19(12)36-21(25)26/h1-11,20-21,28-29H. The van der Waals surface area contributed by atoms with Crippen molar-refractivity contribution in [1.82, 2.24) is 0 Å². The van der Waals surface area contributed by atoms with Gasteiger partial charge in [-0.3, -0.25) is 20.3 Å². The Labute approximate surface area is 211 Å². The fourth-order valence-corrected chi connectivity index (χ4v) is 4.03. The van der Waals surface area contributed by atoms with Crippen LogP contribution in [0.4, 0.5) is 34.6 Å². The molecule has 196 valence electrons. The van der Waals surface area contributed by atoms with Crippen LogP contribution >= 0.6 is 11.6 Å². The Kier molecular flexibility index (Phi) is 8.73. The van der Waals surface area contributed by atoms with E-state index in [-0.39, 0.29) is 16.9 Å². The minimum Gasteiger partial charge on any atom is -0.435 e. The third kappa shape index (κ3) is 7.68. The monoisotopic (exact) mass is 562 g/mol. The summed E-state index contributed by atoms with van der Waals surface area (Å²) in [5.41, 5.74) is 1.47. The number of hydrogen-bond acceptors (Lipinski definition) is 8. The molecule has 0 fully saturated rings. The Balaban J connectivity index is 1.84. The smallest absolute Gasteiger partial charge is 0.387 e. The molecule has 0 radical (unpaired) electrons. The van der Waals surface area contributed by atoms with Gasteiger partial charge in [0.1, 0.15) is 17.2 Å². The van der Waals surface area contributed by atoms with Crippen molar-refractivity contribution in [3.8, 4) is 11.5 Å². The van der Waals surface area contributed by atoms with E-state index in [1.165, 1.54) is 24.3 Å². The van der Waals surface area contributed by atoms with E-state index in [1.54, 1.807) is 0 Å². The Morgan fingerprint density at radius 2 is 1.65 bits per heavy atom. The van der Waals surface area contributed by atoms with Gasteiger partial charge in [0.05, 0.1) is 16.0 Å². The fourth-order valence-electron chi connectivity index (χ4n) is 2.82. The van der Waals surface area contributed by atoms with Gasteiger partial charge in [0.25, 0.3) is 15.7 Å². The predicted octanol–water partition coefficient (Wildman–Crippen LogP) is 5.70. The molecule has 16 heteroatoms. The van der Waals surface area contributed by atoms with Crippen molar-refractivity contribution >= 4 is 44.9 Å². The van der Waals surface area contributed by atoms with Crippen molar-refractivity contribution in [1.29, 1.82) is 0 Å². The predicted molar refractivity (Wildman–Crippen MR) is 126 cm³/mol. The lowest BCUT2D eigenvalue weighted by Crippen LogP contribution is -2.13. The molecule has 3 aromatic rings. The highest BCUT2D eigenvalue weighted by Crippen LogP contribution is 2.30. The first-order chi connectivity index (χ1) is 17.4. The summed E-state index contributed by atoms with van der Waals surface area (Å²) < 4.78 is 86.1. The maximum atomic E-state index is 12.7. The van der Waals surface area contributed by atoms with Crippen LogP contribution < -0.4 is 19.6 Å². The summed E-state index contributed by atoms with van der Waals surface area (Å²) in [6.07, 6.45) is 0.931. The number of hydrogen-bond donors (Lipinski definition) is 2. The van der Waals surface area contributed by atoms with Gasteiger partial charge in [-0.05, 0) is 48.5 Å². The maximum absolute atomic E-state index is 12.7. The fraction of sp³-hybridized carbons (Fsp3) is 0.0952. The number of nitro groups is 1. The van der Waals surface area contributed by atoms with Crippen LogP contribution in [0.2, 0.25) is 5.02 Å². The number of anilines is 2. The van der Waals surface area contributed by atoms with E-state index < -0.39 is 50.3 Å². The van der Waals surface area contributed by atoms with Crippen LogP contribution in [0.1, 0.15) is 5.56 Å². The summed E-state index contributed by atoms with van der Waals surface area (Å²) in [6.45, 7) is -6.49. The second kappa shape index (κ2) is 11.7. The molecule has 0 atom stereocenters. The number of nitrogens with zero attached hydrogens (tertiary/aromatic N) is 2. The quantitative estimate of drug-likeness (QED) is 0.133. The molecule has 2 N–H and O–H groups in total. The van der Waals surface area contributed by atoms with Crippen molar-refractivity contribution in [2.75, 3.05) is 10.1 Å². The number of benzene rings is 3. The van der Waals surface area contributed by atoms with Crippen molar-refractivity contribution in [2.24, 2.45) is 5.10 Å². The lowest BCUT2D eigenvalue weighted by Gasteiger charge is -2.11. The van der Waals surface area contributed by atoms with E-state index in [4.69, 9.17) is 11.6 Å². The molecule has 0 aliphatic carbocycles. The molecule has 0 aliphatic rings. The van der Waals surface area contributed by atoms with E-state index in [1.807, 2.05) is 0 Å². The lowest BCUT2D eigenvalue weighted by atomic mass is 10.2. The minimum absolute atomic E-state index is 0.108. The normalized spacial score (nSPS) is 11.6. The van der Waals surface area contributed by atoms with Crippen molar-refractivity contribution in [3.63, 3.8) is 0 Å². The molecular weight excluding hydrogens is 548 g/mol. The molecule has 0 spiro atoms. The average molecular weight is 563 g/mol. The Morgan fingerprint density at radius 1 is 0.973 bits per heavy atom. The van der Waals surface area contributed by atoms with Crippen LogP contribution in [0, 0.1) is 10.1 Å². The number of nitro benzene ring substituents is 1. The van der Waals surface area contributed by atoms with Crippen LogP contribution in [-0.4, -0.2) is 32.8 Å². The minimum atomic E-state index is -4.21. The van der Waals surface area contributed by atoms with Gasteiger partial charge < -0.3 is 9.47 Å². The number of rotatable bonds is 11. The van der Waals surface area contributed by atoms with Gasteiger partial charge in [0, 0.05) is 28.4 Å². The summed E-state index contributed by atoms with van der Waals surface area (Å²) >= 11 is 5.77. The highest BCUT2D eigenvalue weighted by molar-refractivity contribution is 7.92. The Bertz CT molecular complexity index is 1410. The summed E-state index contributed by atoms with van der Waals surface area (Å²) in [5.74, 6) is -1.00. The molecule has 3 aromatic carbocycles. The zero-order valence-corrected chi connectivity index (χ0v) is 19.7. The van der Waals surface area contributed by atoms with Gasteiger partial charge in [-0.2, -0.15) is 22.7 Å². The van der Waals surface area contributed by atoms with Gasteiger partial charge >= 0.3 is 13.2 Å². The van der Waals surface area contributed by atoms with Crippen LogP contribution in [0.15, 0.2) is 70.7 Å². The van der Waals surface area contributed by atoms with Gasteiger partial charge in [-0.1, -0.05) is 11.6 Å². The molecule has 3 rings (SSSR count). The molecule has 10 nitrogen and oxygen atoms in total. The number of hydrazone groups is 1. The molecule has 0 aliphatic heterocycles. The molecule has 0 bridgehead atoms. The van der Waals surface area contributed by atoms with Crippen molar-refractivity contribution in [3.05, 3.63) is 81.4 Å². The third-order valence-electron chi connectivity index (χ3n) is 4.39. The number of ether oxygens (including phenoxy) is 2. The molecule has 0 amide bonds. The van der Waals surface area contributed by atoms with E-state index in [0.29, 0.717) is 5.02 Å². The lowest BCUT2D eigenvalue weighted by molar-refractivity contribution is -0.384. The number of alkyl halides is 4. The third-order valence-corrected chi connectivity index (χ3v) is 6.02. The van der Waals surface area contributed by atoms with Gasteiger partial charge in [0.2, 0.25) is 0 Å². The zero-order chi connectivity index (χ0) is 27.2. The first-order valence-corrected chi connectivity index (χ1v) is 11.7. The highest BCUT2D eigenvalue weighted by Gasteiger charge is 2.22. The molecule has 0 heterocycles. The first-order valence-electron chi connectivity index (χ1n) is 9.84. The largest absolute Gasteiger partial charge is 0.435 e. The number of sulfonamides is 1. The Hall–Kier alpha value is -4.11. The second-order valence-corrected chi connectivity index (χ2v) is 8.99. The summed E-state index contributed by atoms with van der Waals surface area (Å²) in [5, 5.41) is 15.6. The Morgan fingerprint density at radius 3 is 2.27 bits per heavy atom. The summed E-state index contributed by atoms with van der Waals surface area (Å²) in [7, 11) is -4.21. The van der Waals surface area contributed by atoms with E-state index >= 15 is 0 Å². The molecule has 37 heavy (non-hydrogen) atoms. The number of nitrogens with one attached hydrogen (secondary N) is 2. The molecular formula is C21H15ClF4N4O6S. The second-order valence-electron chi connectivity index (χ2n) is 6.88. The van der Waals surface area contributed by atoms with Crippen LogP contribution in [0.5, 0.6) is 11.5 Å². The van der Waals surface area contributed by atoms with E-state index in [9.17, 15) is 36.1 Å². The molecule has 0 saturated heterocycles. The van der Waals surface area contributed by atoms with Gasteiger partial charge in [0.15, 0.2) is 0 Å². The molecule has 0 unspecified atom stereocenters. The van der Waals surface area contributed by atoms with E-state index in [2.05, 4.69) is 24.7 Å². The summed E-state index contributed by atoms with van der Waals surface area (Å²) in [4.78, 5) is 10.3. The van der Waals surface area contributed by atoms with E-state index in [0.717, 1.165) is 42.6 Å². The highest BCUT2D eigenvalue weighted by atomic mass is 35.5. The SMILES string of the molecule is O=[N+]([O-])c1cc(S(=O)(=O)Nc2ccc(Cl)cc2)ccc1NN=Cc1ccc(OC(F)F)cc1OC(F)F. The first kappa shape index (κ1) is 27.5. The van der Waals surface area contributed by atoms with Crippen LogP contribution in [0.3, 0.4) is 0 Å². The number of halogens is 5. The van der Waals surface area contributed by atoms with Crippen LogP contribution in [0.25, 0.3) is 0 Å². The van der Waals surface area contributed by atoms with Gasteiger partial charge in [-0.25, -0.2) is 8.42 Å². The molecule has 0 aromatic heterocycles.